The molecule has 4 aliphatic carbocycles. The fourth-order valence-electron chi connectivity index (χ4n) is 5.12. The summed E-state index contributed by atoms with van der Waals surface area (Å²) in [5.74, 6) is 2.34. The van der Waals surface area contributed by atoms with E-state index in [2.05, 4.69) is 19.1 Å². The highest BCUT2D eigenvalue weighted by molar-refractivity contribution is 6.22. The number of carbonyl (C=O) groups is 2. The van der Waals surface area contributed by atoms with Crippen LogP contribution >= 0.6 is 0 Å². The van der Waals surface area contributed by atoms with Gasteiger partial charge in [0, 0.05) is 0 Å². The van der Waals surface area contributed by atoms with E-state index < -0.39 is 0 Å². The van der Waals surface area contributed by atoms with Crippen molar-refractivity contribution in [2.75, 3.05) is 11.5 Å². The molecular formula is C20H21NO3. The lowest BCUT2D eigenvalue weighted by Crippen LogP contribution is -2.40. The highest BCUT2D eigenvalue weighted by Crippen LogP contribution is 2.65. The largest absolute Gasteiger partial charge is 0.494 e. The van der Waals surface area contributed by atoms with Crippen LogP contribution in [0.4, 0.5) is 5.69 Å². The third-order valence-corrected chi connectivity index (χ3v) is 6.23. The molecule has 6 rings (SSSR count). The molecule has 124 valence electrons. The normalized spacial score (nSPS) is 38.3. The van der Waals surface area contributed by atoms with E-state index in [-0.39, 0.29) is 35.5 Å². The number of ether oxygens (including phenoxy) is 1. The van der Waals surface area contributed by atoms with Gasteiger partial charge < -0.3 is 4.74 Å². The minimum Gasteiger partial charge on any atom is -0.494 e. The molecule has 0 unspecified atom stereocenters. The number of hydrogen-bond acceptors (Lipinski definition) is 3. The number of amides is 2. The van der Waals surface area contributed by atoms with Gasteiger partial charge >= 0.3 is 0 Å². The molecular weight excluding hydrogens is 302 g/mol. The summed E-state index contributed by atoms with van der Waals surface area (Å²) < 4.78 is 5.59. The van der Waals surface area contributed by atoms with Crippen LogP contribution in [0.25, 0.3) is 0 Å². The molecule has 1 aliphatic heterocycles. The van der Waals surface area contributed by atoms with Crippen molar-refractivity contribution in [2.24, 2.45) is 35.5 Å². The topological polar surface area (TPSA) is 46.6 Å². The van der Waals surface area contributed by atoms with Crippen molar-refractivity contribution in [3.8, 4) is 5.75 Å². The first-order valence-corrected chi connectivity index (χ1v) is 8.99. The molecule has 4 nitrogen and oxygen atoms in total. The van der Waals surface area contributed by atoms with Crippen LogP contribution in [0.2, 0.25) is 0 Å². The highest BCUT2D eigenvalue weighted by atomic mass is 16.5. The zero-order valence-corrected chi connectivity index (χ0v) is 13.7. The molecule has 0 N–H and O–H groups in total. The molecule has 0 spiro atoms. The minimum absolute atomic E-state index is 0.00285. The zero-order valence-electron chi connectivity index (χ0n) is 13.7. The highest BCUT2D eigenvalue weighted by Gasteiger charge is 2.67. The van der Waals surface area contributed by atoms with E-state index in [1.807, 2.05) is 24.3 Å². The Morgan fingerprint density at radius 1 is 1.00 bits per heavy atom. The lowest BCUT2D eigenvalue weighted by atomic mass is 9.63. The summed E-state index contributed by atoms with van der Waals surface area (Å²) in [7, 11) is 0. The summed E-state index contributed by atoms with van der Waals surface area (Å²) in [4.78, 5) is 27.4. The van der Waals surface area contributed by atoms with Gasteiger partial charge in [0.05, 0.1) is 24.1 Å². The molecule has 24 heavy (non-hydrogen) atoms. The number of hydrogen-bond donors (Lipinski definition) is 0. The quantitative estimate of drug-likeness (QED) is 0.632. The lowest BCUT2D eigenvalue weighted by molar-refractivity contribution is -0.124. The molecule has 2 amide bonds. The van der Waals surface area contributed by atoms with Crippen LogP contribution in [0.3, 0.4) is 0 Å². The van der Waals surface area contributed by atoms with Crippen LogP contribution in [-0.4, -0.2) is 18.4 Å². The molecule has 1 aromatic carbocycles. The number of benzene rings is 1. The summed E-state index contributed by atoms with van der Waals surface area (Å²) in [6.07, 6.45) is 6.55. The summed E-state index contributed by atoms with van der Waals surface area (Å²) in [5, 5.41) is 0. The number of nitrogens with zero attached hydrogens (tertiary/aromatic N) is 1. The van der Waals surface area contributed by atoms with Crippen LogP contribution in [0.15, 0.2) is 36.4 Å². The fourth-order valence-corrected chi connectivity index (χ4v) is 5.12. The minimum atomic E-state index is -0.132. The molecule has 0 aromatic heterocycles. The van der Waals surface area contributed by atoms with Crippen molar-refractivity contribution < 1.29 is 14.3 Å². The SMILES string of the molecule is CCCOc1ccc(N2C(=O)[C@@H]3[C@@H]4C=C[C@H]([C@@H]5C[C@H]45)[C@H]3C2=O)cc1. The zero-order chi connectivity index (χ0) is 16.4. The number of carbonyl (C=O) groups excluding carboxylic acids is 2. The second-order valence-corrected chi connectivity index (χ2v) is 7.51. The number of anilines is 1. The molecule has 2 bridgehead atoms. The first kappa shape index (κ1) is 14.3. The molecule has 2 saturated carbocycles. The maximum absolute atomic E-state index is 13.0. The molecule has 1 aromatic rings. The van der Waals surface area contributed by atoms with Crippen LogP contribution in [0.5, 0.6) is 5.75 Å². The molecule has 3 fully saturated rings. The van der Waals surface area contributed by atoms with Crippen molar-refractivity contribution in [1.29, 1.82) is 0 Å². The van der Waals surface area contributed by atoms with Crippen LogP contribution in [0, 0.1) is 35.5 Å². The number of rotatable bonds is 4. The van der Waals surface area contributed by atoms with Gasteiger partial charge in [-0.2, -0.15) is 0 Å². The van der Waals surface area contributed by atoms with Crippen molar-refractivity contribution in [2.45, 2.75) is 19.8 Å². The standard InChI is InChI=1S/C20H21NO3/c1-2-9-24-12-5-3-11(4-6-12)21-19(22)17-13-7-8-14(16-10-15(13)16)18(17)20(21)23/h3-8,13-18H,2,9-10H2,1H3/t13-,14-,15-,16+,17-,18-/m1/s1. The van der Waals surface area contributed by atoms with Crippen LogP contribution in [0.1, 0.15) is 19.8 Å². The lowest BCUT2D eigenvalue weighted by Gasteiger charge is -2.37. The van der Waals surface area contributed by atoms with E-state index in [4.69, 9.17) is 4.74 Å². The van der Waals surface area contributed by atoms with Crippen molar-refractivity contribution in [3.63, 3.8) is 0 Å². The third-order valence-electron chi connectivity index (χ3n) is 6.23. The first-order valence-electron chi connectivity index (χ1n) is 8.99. The Morgan fingerprint density at radius 2 is 1.58 bits per heavy atom. The summed E-state index contributed by atoms with van der Waals surface area (Å²) in [6.45, 7) is 2.73. The van der Waals surface area contributed by atoms with E-state index in [0.29, 0.717) is 24.1 Å². The monoisotopic (exact) mass is 323 g/mol. The summed E-state index contributed by atoms with van der Waals surface area (Å²) in [5.41, 5.74) is 0.677. The van der Waals surface area contributed by atoms with E-state index >= 15 is 0 Å². The van der Waals surface area contributed by atoms with Gasteiger partial charge in [0.15, 0.2) is 0 Å². The van der Waals surface area contributed by atoms with E-state index in [9.17, 15) is 9.59 Å². The summed E-state index contributed by atoms with van der Waals surface area (Å²) >= 11 is 0. The van der Waals surface area contributed by atoms with E-state index in [1.165, 1.54) is 11.3 Å². The van der Waals surface area contributed by atoms with E-state index in [0.717, 1.165) is 12.2 Å². The third kappa shape index (κ3) is 1.80. The second-order valence-electron chi connectivity index (χ2n) is 7.51. The summed E-state index contributed by atoms with van der Waals surface area (Å²) in [6, 6.07) is 7.35. The average molecular weight is 323 g/mol. The Kier molecular flexibility index (Phi) is 2.94. The molecule has 0 radical (unpaired) electrons. The molecule has 5 aliphatic rings. The van der Waals surface area contributed by atoms with Crippen molar-refractivity contribution in [3.05, 3.63) is 36.4 Å². The molecule has 1 saturated heterocycles. The maximum atomic E-state index is 13.0. The Bertz CT molecular complexity index is 702. The number of imide groups is 1. The van der Waals surface area contributed by atoms with Gasteiger partial charge in [-0.3, -0.25) is 14.5 Å². The Labute approximate surface area is 141 Å². The van der Waals surface area contributed by atoms with Crippen LogP contribution < -0.4 is 9.64 Å². The predicted molar refractivity (Wildman–Crippen MR) is 89.4 cm³/mol. The first-order chi connectivity index (χ1) is 11.7. The van der Waals surface area contributed by atoms with Gasteiger partial charge in [-0.1, -0.05) is 19.1 Å². The van der Waals surface area contributed by atoms with Crippen molar-refractivity contribution in [1.82, 2.24) is 0 Å². The number of allylic oxidation sites excluding steroid dienone is 2. The molecule has 1 heterocycles. The van der Waals surface area contributed by atoms with Crippen LogP contribution in [-0.2, 0) is 9.59 Å². The van der Waals surface area contributed by atoms with Gasteiger partial charge in [0.1, 0.15) is 5.75 Å². The Balaban J connectivity index is 1.44. The van der Waals surface area contributed by atoms with E-state index in [1.54, 1.807) is 0 Å². The molecule has 4 heteroatoms. The smallest absolute Gasteiger partial charge is 0.238 e. The Morgan fingerprint density at radius 3 is 2.12 bits per heavy atom. The maximum Gasteiger partial charge on any atom is 0.238 e. The Hall–Kier alpha value is -2.10. The van der Waals surface area contributed by atoms with Gasteiger partial charge in [0.2, 0.25) is 11.8 Å². The fraction of sp³-hybridized carbons (Fsp3) is 0.500. The van der Waals surface area contributed by atoms with Gasteiger partial charge in [-0.05, 0) is 60.8 Å². The average Bonchev–Trinajstić information content (AvgIpc) is 3.38. The van der Waals surface area contributed by atoms with Gasteiger partial charge in [-0.25, -0.2) is 0 Å². The van der Waals surface area contributed by atoms with Crippen molar-refractivity contribution >= 4 is 17.5 Å². The molecule has 6 atom stereocenters. The van der Waals surface area contributed by atoms with Gasteiger partial charge in [0.25, 0.3) is 0 Å². The van der Waals surface area contributed by atoms with Gasteiger partial charge in [-0.15, -0.1) is 0 Å². The second kappa shape index (κ2) is 4.95. The predicted octanol–water partition coefficient (Wildman–Crippen LogP) is 3.03.